The largest absolute Gasteiger partial charge is 0.355 e. The fraction of sp³-hybridized carbons (Fsp3) is 0.133. The first-order valence-corrected chi connectivity index (χ1v) is 11.6. The minimum absolute atomic E-state index is 0.0476. The van der Waals surface area contributed by atoms with Crippen molar-refractivity contribution in [1.29, 1.82) is 0 Å². The molecule has 2 amide bonds. The average Bonchev–Trinajstić information content (AvgIpc) is 3.22. The molecule has 0 radical (unpaired) electrons. The highest BCUT2D eigenvalue weighted by Crippen LogP contribution is 2.46. The zero-order valence-corrected chi connectivity index (χ0v) is 19.0. The summed E-state index contributed by atoms with van der Waals surface area (Å²) in [5, 5.41) is 6.05. The van der Waals surface area contributed by atoms with Crippen LogP contribution in [0, 0.1) is 0 Å². The van der Waals surface area contributed by atoms with Crippen molar-refractivity contribution in [2.24, 2.45) is 0 Å². The van der Waals surface area contributed by atoms with Gasteiger partial charge < -0.3 is 10.6 Å². The molecule has 1 aliphatic rings. The van der Waals surface area contributed by atoms with Gasteiger partial charge in [-0.05, 0) is 70.1 Å². The number of hydrogen-bond donors (Lipinski definition) is 2. The van der Waals surface area contributed by atoms with Gasteiger partial charge in [0.25, 0.3) is 5.91 Å². The van der Waals surface area contributed by atoms with Crippen LogP contribution >= 0.6 is 0 Å². The first-order valence-electron chi connectivity index (χ1n) is 11.6. The van der Waals surface area contributed by atoms with Gasteiger partial charge in [-0.2, -0.15) is 0 Å². The van der Waals surface area contributed by atoms with Gasteiger partial charge in [-0.3, -0.25) is 9.59 Å². The molecule has 1 atom stereocenters. The summed E-state index contributed by atoms with van der Waals surface area (Å²) in [6.07, 6.45) is 0.906. The molecule has 2 N–H and O–H groups in total. The van der Waals surface area contributed by atoms with Crippen LogP contribution < -0.4 is 10.6 Å². The third-order valence-electron chi connectivity index (χ3n) is 6.23. The lowest BCUT2D eigenvalue weighted by molar-refractivity contribution is -0.121. The fourth-order valence-electron chi connectivity index (χ4n) is 4.58. The van der Waals surface area contributed by atoms with Crippen LogP contribution in [0.15, 0.2) is 97.1 Å². The second-order valence-electron chi connectivity index (χ2n) is 8.51. The van der Waals surface area contributed by atoms with E-state index in [4.69, 9.17) is 0 Å². The maximum absolute atomic E-state index is 13.0. The molecule has 0 aromatic heterocycles. The minimum Gasteiger partial charge on any atom is -0.355 e. The first-order chi connectivity index (χ1) is 16.7. The standard InChI is InChI=1S/C30H26N2O2/c1-2-17-31-30(34)28-25-14-7-6-13-24(25)27-19-22(15-16-26(27)28)21-11-8-12-23(18-21)32-29(33)20-9-4-3-5-10-20/h3-16,18-19,28H,2,17H2,1H3,(H,31,34)(H,32,33). The number of hydrogen-bond acceptors (Lipinski definition) is 2. The summed E-state index contributed by atoms with van der Waals surface area (Å²) in [6, 6.07) is 31.4. The van der Waals surface area contributed by atoms with Crippen LogP contribution in [0.5, 0.6) is 0 Å². The quantitative estimate of drug-likeness (QED) is 0.368. The molecule has 0 heterocycles. The molecule has 0 saturated heterocycles. The Hall–Kier alpha value is -4.18. The highest BCUT2D eigenvalue weighted by atomic mass is 16.2. The van der Waals surface area contributed by atoms with E-state index in [0.29, 0.717) is 12.1 Å². The molecule has 34 heavy (non-hydrogen) atoms. The van der Waals surface area contributed by atoms with Crippen LogP contribution in [-0.2, 0) is 4.79 Å². The van der Waals surface area contributed by atoms with Crippen molar-refractivity contribution < 1.29 is 9.59 Å². The van der Waals surface area contributed by atoms with Crippen LogP contribution in [0.3, 0.4) is 0 Å². The van der Waals surface area contributed by atoms with E-state index < -0.39 is 0 Å². The number of fused-ring (bicyclic) bond motifs is 3. The van der Waals surface area contributed by atoms with Gasteiger partial charge in [0.2, 0.25) is 5.91 Å². The molecule has 0 bridgehead atoms. The molecule has 0 saturated carbocycles. The molecule has 0 spiro atoms. The molecule has 1 aliphatic carbocycles. The van der Waals surface area contributed by atoms with Gasteiger partial charge in [-0.1, -0.05) is 73.7 Å². The normalized spacial score (nSPS) is 13.6. The Morgan fingerprint density at radius 3 is 2.29 bits per heavy atom. The van der Waals surface area contributed by atoms with Crippen LogP contribution in [0.4, 0.5) is 5.69 Å². The summed E-state index contributed by atoms with van der Waals surface area (Å²) < 4.78 is 0. The predicted octanol–water partition coefficient (Wildman–Crippen LogP) is 6.24. The molecule has 168 valence electrons. The molecule has 4 aromatic rings. The summed E-state index contributed by atoms with van der Waals surface area (Å²) in [4.78, 5) is 25.6. The van der Waals surface area contributed by atoms with E-state index in [1.165, 1.54) is 0 Å². The monoisotopic (exact) mass is 446 g/mol. The van der Waals surface area contributed by atoms with E-state index in [1.807, 2.05) is 60.7 Å². The Kier molecular flexibility index (Phi) is 5.96. The number of rotatable bonds is 6. The topological polar surface area (TPSA) is 58.2 Å². The van der Waals surface area contributed by atoms with Crippen LogP contribution in [0.25, 0.3) is 22.3 Å². The summed E-state index contributed by atoms with van der Waals surface area (Å²) in [5.74, 6) is -0.378. The predicted molar refractivity (Wildman–Crippen MR) is 137 cm³/mol. The molecular formula is C30H26N2O2. The van der Waals surface area contributed by atoms with Crippen LogP contribution in [0.1, 0.15) is 40.7 Å². The average molecular weight is 447 g/mol. The van der Waals surface area contributed by atoms with Crippen molar-refractivity contribution >= 4 is 17.5 Å². The maximum atomic E-state index is 13.0. The summed E-state index contributed by atoms with van der Waals surface area (Å²) >= 11 is 0. The van der Waals surface area contributed by atoms with Gasteiger partial charge >= 0.3 is 0 Å². The lowest BCUT2D eigenvalue weighted by Crippen LogP contribution is -2.29. The number of carbonyl (C=O) groups is 2. The lowest BCUT2D eigenvalue weighted by Gasteiger charge is -2.14. The summed E-state index contributed by atoms with van der Waals surface area (Å²) in [7, 11) is 0. The third-order valence-corrected chi connectivity index (χ3v) is 6.23. The second-order valence-corrected chi connectivity index (χ2v) is 8.51. The second kappa shape index (κ2) is 9.36. The smallest absolute Gasteiger partial charge is 0.255 e. The number of carbonyl (C=O) groups excluding carboxylic acids is 2. The van der Waals surface area contributed by atoms with Crippen molar-refractivity contribution in [3.05, 3.63) is 114 Å². The van der Waals surface area contributed by atoms with E-state index in [0.717, 1.165) is 45.5 Å². The number of benzene rings is 4. The highest BCUT2D eigenvalue weighted by Gasteiger charge is 2.33. The van der Waals surface area contributed by atoms with E-state index in [9.17, 15) is 9.59 Å². The summed E-state index contributed by atoms with van der Waals surface area (Å²) in [6.45, 7) is 2.73. The number of nitrogens with one attached hydrogen (secondary N) is 2. The minimum atomic E-state index is -0.289. The van der Waals surface area contributed by atoms with Gasteiger partial charge in [0.1, 0.15) is 0 Å². The van der Waals surface area contributed by atoms with Crippen molar-refractivity contribution in [1.82, 2.24) is 5.32 Å². The van der Waals surface area contributed by atoms with Crippen LogP contribution in [0.2, 0.25) is 0 Å². The Morgan fingerprint density at radius 1 is 0.735 bits per heavy atom. The number of amides is 2. The molecule has 1 unspecified atom stereocenters. The molecule has 4 heteroatoms. The zero-order chi connectivity index (χ0) is 23.5. The third kappa shape index (κ3) is 4.11. The molecule has 0 fully saturated rings. The Bertz CT molecular complexity index is 1360. The van der Waals surface area contributed by atoms with Gasteiger partial charge in [0.15, 0.2) is 0 Å². The zero-order valence-electron chi connectivity index (χ0n) is 19.0. The van der Waals surface area contributed by atoms with Gasteiger partial charge in [-0.15, -0.1) is 0 Å². The van der Waals surface area contributed by atoms with Gasteiger partial charge in [-0.25, -0.2) is 0 Å². The highest BCUT2D eigenvalue weighted by molar-refractivity contribution is 6.04. The molecule has 4 nitrogen and oxygen atoms in total. The Labute approximate surface area is 199 Å². The van der Waals surface area contributed by atoms with Crippen molar-refractivity contribution in [3.8, 4) is 22.3 Å². The van der Waals surface area contributed by atoms with Crippen LogP contribution in [-0.4, -0.2) is 18.4 Å². The first kappa shape index (κ1) is 21.7. The van der Waals surface area contributed by atoms with Crippen molar-refractivity contribution in [2.75, 3.05) is 11.9 Å². The molecule has 0 aliphatic heterocycles. The molecule has 5 rings (SSSR count). The van der Waals surface area contributed by atoms with E-state index in [-0.39, 0.29) is 17.7 Å². The van der Waals surface area contributed by atoms with Gasteiger partial charge in [0.05, 0.1) is 5.92 Å². The van der Waals surface area contributed by atoms with Crippen molar-refractivity contribution in [2.45, 2.75) is 19.3 Å². The van der Waals surface area contributed by atoms with E-state index in [1.54, 1.807) is 12.1 Å². The van der Waals surface area contributed by atoms with E-state index in [2.05, 4.69) is 41.8 Å². The van der Waals surface area contributed by atoms with Gasteiger partial charge in [0, 0.05) is 17.8 Å². The van der Waals surface area contributed by atoms with Crippen molar-refractivity contribution in [3.63, 3.8) is 0 Å². The molecule has 4 aromatic carbocycles. The molecular weight excluding hydrogens is 420 g/mol. The SMILES string of the molecule is CCCNC(=O)C1c2ccccc2-c2cc(-c3cccc(NC(=O)c4ccccc4)c3)ccc21. The Balaban J connectivity index is 1.47. The lowest BCUT2D eigenvalue weighted by atomic mass is 9.94. The van der Waals surface area contributed by atoms with E-state index >= 15 is 0 Å². The number of anilines is 1. The summed E-state index contributed by atoms with van der Waals surface area (Å²) in [5.41, 5.74) is 7.68. The maximum Gasteiger partial charge on any atom is 0.255 e. The fourth-order valence-corrected chi connectivity index (χ4v) is 4.58. The Morgan fingerprint density at radius 2 is 1.47 bits per heavy atom.